The first-order chi connectivity index (χ1) is 7.30. The summed E-state index contributed by atoms with van der Waals surface area (Å²) < 4.78 is 0. The first kappa shape index (κ1) is 13.9. The molecule has 2 N–H and O–H groups in total. The fourth-order valence-electron chi connectivity index (χ4n) is 2.11. The van der Waals surface area contributed by atoms with Gasteiger partial charge in [0.15, 0.2) is 0 Å². The average molecular weight is 227 g/mol. The number of nitrogens with zero attached hydrogens (tertiary/aromatic N) is 2. The zero-order chi connectivity index (χ0) is 12.3. The van der Waals surface area contributed by atoms with Gasteiger partial charge in [-0.1, -0.05) is 13.8 Å². The number of nitrogens with two attached hydrogens (primary N) is 1. The fourth-order valence-corrected chi connectivity index (χ4v) is 2.11. The van der Waals surface area contributed by atoms with E-state index in [0.29, 0.717) is 17.5 Å². The zero-order valence-electron chi connectivity index (χ0n) is 11.7. The lowest BCUT2D eigenvalue weighted by Crippen LogP contribution is -2.55. The van der Waals surface area contributed by atoms with Gasteiger partial charge in [0.2, 0.25) is 0 Å². The minimum absolute atomic E-state index is 0.312. The van der Waals surface area contributed by atoms with Crippen molar-refractivity contribution in [2.45, 2.75) is 46.2 Å². The van der Waals surface area contributed by atoms with Crippen molar-refractivity contribution >= 4 is 0 Å². The van der Waals surface area contributed by atoms with Gasteiger partial charge in [-0.2, -0.15) is 0 Å². The lowest BCUT2D eigenvalue weighted by atomic mass is 10.0. The van der Waals surface area contributed by atoms with E-state index in [1.807, 2.05) is 0 Å². The van der Waals surface area contributed by atoms with Gasteiger partial charge in [-0.15, -0.1) is 0 Å². The van der Waals surface area contributed by atoms with Crippen LogP contribution in [-0.4, -0.2) is 54.1 Å². The van der Waals surface area contributed by atoms with Crippen molar-refractivity contribution < 1.29 is 0 Å². The first-order valence-corrected chi connectivity index (χ1v) is 6.53. The summed E-state index contributed by atoms with van der Waals surface area (Å²) in [6.07, 6.45) is 0. The Kier molecular flexibility index (Phi) is 4.77. The van der Waals surface area contributed by atoms with Crippen LogP contribution in [0.25, 0.3) is 0 Å². The van der Waals surface area contributed by atoms with Crippen LogP contribution in [0.2, 0.25) is 0 Å². The monoisotopic (exact) mass is 227 g/mol. The molecule has 96 valence electrons. The molecule has 0 amide bonds. The Labute approximate surface area is 101 Å². The second kappa shape index (κ2) is 5.48. The van der Waals surface area contributed by atoms with Crippen molar-refractivity contribution in [2.75, 3.05) is 32.7 Å². The van der Waals surface area contributed by atoms with E-state index in [1.54, 1.807) is 0 Å². The number of hydrogen-bond donors (Lipinski definition) is 1. The van der Waals surface area contributed by atoms with Crippen LogP contribution in [-0.2, 0) is 0 Å². The fraction of sp³-hybridized carbons (Fsp3) is 1.00. The molecule has 0 spiro atoms. The third-order valence-corrected chi connectivity index (χ3v) is 3.65. The molecule has 0 radical (unpaired) electrons. The van der Waals surface area contributed by atoms with Gasteiger partial charge in [0.25, 0.3) is 0 Å². The molecular weight excluding hydrogens is 198 g/mol. The standard InChI is InChI=1S/C13H29N3/c1-11(2)12(14)10-15-6-8-16(9-7-15)13(3,4)5/h11-12H,6-10,14H2,1-5H3. The van der Waals surface area contributed by atoms with Crippen molar-refractivity contribution in [3.05, 3.63) is 0 Å². The van der Waals surface area contributed by atoms with Gasteiger partial charge < -0.3 is 5.73 Å². The Morgan fingerprint density at radius 2 is 1.56 bits per heavy atom. The SMILES string of the molecule is CC(C)C(N)CN1CCN(C(C)(C)C)CC1. The lowest BCUT2D eigenvalue weighted by molar-refractivity contribution is 0.0578. The molecule has 3 nitrogen and oxygen atoms in total. The second-order valence-corrected chi connectivity index (χ2v) is 6.37. The van der Waals surface area contributed by atoms with E-state index in [2.05, 4.69) is 44.4 Å². The Bertz CT molecular complexity index is 200. The molecule has 0 aromatic rings. The van der Waals surface area contributed by atoms with Crippen molar-refractivity contribution in [1.82, 2.24) is 9.80 Å². The summed E-state index contributed by atoms with van der Waals surface area (Å²) in [5.41, 5.74) is 6.42. The highest BCUT2D eigenvalue weighted by atomic mass is 15.3. The summed E-state index contributed by atoms with van der Waals surface area (Å²) in [4.78, 5) is 5.07. The minimum Gasteiger partial charge on any atom is -0.326 e. The highest BCUT2D eigenvalue weighted by Gasteiger charge is 2.26. The van der Waals surface area contributed by atoms with Crippen LogP contribution in [0.5, 0.6) is 0 Å². The molecule has 3 heteroatoms. The maximum atomic E-state index is 6.11. The van der Waals surface area contributed by atoms with Gasteiger partial charge in [-0.3, -0.25) is 9.80 Å². The van der Waals surface area contributed by atoms with Gasteiger partial charge in [0.1, 0.15) is 0 Å². The molecule has 1 rings (SSSR count). The molecule has 1 heterocycles. The molecule has 1 aliphatic rings. The molecular formula is C13H29N3. The predicted molar refractivity (Wildman–Crippen MR) is 70.6 cm³/mol. The third-order valence-electron chi connectivity index (χ3n) is 3.65. The first-order valence-electron chi connectivity index (χ1n) is 6.53. The summed E-state index contributed by atoms with van der Waals surface area (Å²) in [6, 6.07) is 0.321. The molecule has 0 aliphatic carbocycles. The summed E-state index contributed by atoms with van der Waals surface area (Å²) in [6.45, 7) is 17.0. The summed E-state index contributed by atoms with van der Waals surface area (Å²) in [7, 11) is 0. The minimum atomic E-state index is 0.312. The van der Waals surface area contributed by atoms with Crippen LogP contribution in [0.1, 0.15) is 34.6 Å². The van der Waals surface area contributed by atoms with Crippen LogP contribution < -0.4 is 5.73 Å². The van der Waals surface area contributed by atoms with E-state index in [0.717, 1.165) is 19.6 Å². The zero-order valence-corrected chi connectivity index (χ0v) is 11.7. The molecule has 1 atom stereocenters. The molecule has 0 aromatic carbocycles. The Hall–Kier alpha value is -0.120. The van der Waals surface area contributed by atoms with Crippen LogP contribution in [0.3, 0.4) is 0 Å². The molecule has 1 aliphatic heterocycles. The molecule has 0 aromatic heterocycles. The van der Waals surface area contributed by atoms with Gasteiger partial charge in [-0.05, 0) is 26.7 Å². The van der Waals surface area contributed by atoms with Gasteiger partial charge >= 0.3 is 0 Å². The van der Waals surface area contributed by atoms with E-state index in [-0.39, 0.29) is 0 Å². The summed E-state index contributed by atoms with van der Waals surface area (Å²) in [5, 5.41) is 0. The molecule has 16 heavy (non-hydrogen) atoms. The highest BCUT2D eigenvalue weighted by Crippen LogP contribution is 2.16. The van der Waals surface area contributed by atoms with Gasteiger partial charge in [0, 0.05) is 44.3 Å². The number of hydrogen-bond acceptors (Lipinski definition) is 3. The van der Waals surface area contributed by atoms with Gasteiger partial charge in [-0.25, -0.2) is 0 Å². The Morgan fingerprint density at radius 1 is 1.06 bits per heavy atom. The quantitative estimate of drug-likeness (QED) is 0.791. The van der Waals surface area contributed by atoms with Crippen LogP contribution in [0.15, 0.2) is 0 Å². The van der Waals surface area contributed by atoms with E-state index in [9.17, 15) is 0 Å². The Balaban J connectivity index is 2.32. The third kappa shape index (κ3) is 4.04. The van der Waals surface area contributed by atoms with E-state index in [4.69, 9.17) is 5.73 Å². The van der Waals surface area contributed by atoms with Crippen LogP contribution >= 0.6 is 0 Å². The highest BCUT2D eigenvalue weighted by molar-refractivity contribution is 4.83. The summed E-state index contributed by atoms with van der Waals surface area (Å²) >= 11 is 0. The van der Waals surface area contributed by atoms with Crippen LogP contribution in [0, 0.1) is 5.92 Å². The molecule has 1 unspecified atom stereocenters. The molecule has 1 fully saturated rings. The number of piperazine rings is 1. The largest absolute Gasteiger partial charge is 0.326 e. The smallest absolute Gasteiger partial charge is 0.0191 e. The average Bonchev–Trinajstić information content (AvgIpc) is 2.17. The van der Waals surface area contributed by atoms with Crippen LogP contribution in [0.4, 0.5) is 0 Å². The van der Waals surface area contributed by atoms with Crippen molar-refractivity contribution in [3.8, 4) is 0 Å². The van der Waals surface area contributed by atoms with E-state index >= 15 is 0 Å². The molecule has 0 saturated carbocycles. The lowest BCUT2D eigenvalue weighted by Gasteiger charge is -2.43. The van der Waals surface area contributed by atoms with Gasteiger partial charge in [0.05, 0.1) is 0 Å². The molecule has 0 bridgehead atoms. The second-order valence-electron chi connectivity index (χ2n) is 6.37. The number of rotatable bonds is 3. The van der Waals surface area contributed by atoms with E-state index in [1.165, 1.54) is 13.1 Å². The maximum absolute atomic E-state index is 6.11. The normalized spacial score (nSPS) is 22.7. The summed E-state index contributed by atoms with van der Waals surface area (Å²) in [5.74, 6) is 0.584. The van der Waals surface area contributed by atoms with Crippen molar-refractivity contribution in [1.29, 1.82) is 0 Å². The molecule has 1 saturated heterocycles. The van der Waals surface area contributed by atoms with Crippen molar-refractivity contribution in [2.24, 2.45) is 11.7 Å². The van der Waals surface area contributed by atoms with E-state index < -0.39 is 0 Å². The predicted octanol–water partition coefficient (Wildman–Crippen LogP) is 1.39. The maximum Gasteiger partial charge on any atom is 0.0191 e. The van der Waals surface area contributed by atoms with Crippen molar-refractivity contribution in [3.63, 3.8) is 0 Å². The topological polar surface area (TPSA) is 32.5 Å². The Morgan fingerprint density at radius 3 is 1.94 bits per heavy atom.